The highest BCUT2D eigenvalue weighted by atomic mass is 16.4. The van der Waals surface area contributed by atoms with Crippen molar-refractivity contribution in [2.75, 3.05) is 0 Å². The number of carbonyl (C=O) groups is 1. The molecular weight excluding hydrogens is 116 g/mol. The molecule has 9 heavy (non-hydrogen) atoms. The van der Waals surface area contributed by atoms with E-state index in [1.165, 1.54) is 0 Å². The van der Waals surface area contributed by atoms with Gasteiger partial charge in [0.25, 0.3) is 0 Å². The third-order valence-electron chi connectivity index (χ3n) is 2.03. The first-order valence-electron chi connectivity index (χ1n) is 3.45. The highest BCUT2D eigenvalue weighted by molar-refractivity contribution is 5.67. The third-order valence-corrected chi connectivity index (χ3v) is 2.03. The minimum atomic E-state index is -0.643. The molecule has 0 radical (unpaired) electrons. The minimum absolute atomic E-state index is 0.387. The summed E-state index contributed by atoms with van der Waals surface area (Å²) in [6.45, 7) is 2.12. The Bertz CT molecular complexity index is 120. The Kier molecular flexibility index (Phi) is 1.74. The lowest BCUT2D eigenvalue weighted by Gasteiger charge is -1.89. The van der Waals surface area contributed by atoms with Crippen LogP contribution in [0.2, 0.25) is 0 Å². The van der Waals surface area contributed by atoms with Crippen LogP contribution in [0.1, 0.15) is 26.2 Å². The van der Waals surface area contributed by atoms with E-state index in [1.807, 2.05) is 0 Å². The molecule has 2 atom stereocenters. The molecule has 2 heteroatoms. The Labute approximate surface area is 54.9 Å². The Balaban J connectivity index is 2.12. The number of hydrogen-bond donors (Lipinski definition) is 1. The molecule has 2 unspecified atom stereocenters. The van der Waals surface area contributed by atoms with Crippen molar-refractivity contribution in [1.29, 1.82) is 0 Å². The van der Waals surface area contributed by atoms with E-state index in [-0.39, 0.29) is 0 Å². The summed E-state index contributed by atoms with van der Waals surface area (Å²) < 4.78 is 0. The van der Waals surface area contributed by atoms with Gasteiger partial charge in [-0.1, -0.05) is 13.3 Å². The number of carboxylic acids is 1. The second-order valence-corrected chi connectivity index (χ2v) is 2.76. The van der Waals surface area contributed by atoms with Crippen molar-refractivity contribution in [3.05, 3.63) is 0 Å². The van der Waals surface area contributed by atoms with Crippen molar-refractivity contribution < 1.29 is 9.90 Å². The molecular formula is C7H12O2. The van der Waals surface area contributed by atoms with Crippen molar-refractivity contribution in [3.8, 4) is 0 Å². The van der Waals surface area contributed by atoms with Crippen molar-refractivity contribution in [1.82, 2.24) is 0 Å². The molecule has 0 saturated heterocycles. The monoisotopic (exact) mass is 128 g/mol. The van der Waals surface area contributed by atoms with Gasteiger partial charge in [-0.2, -0.15) is 0 Å². The van der Waals surface area contributed by atoms with Gasteiger partial charge < -0.3 is 5.11 Å². The molecule has 1 rings (SSSR count). The molecule has 0 aromatic carbocycles. The zero-order chi connectivity index (χ0) is 6.85. The first-order chi connectivity index (χ1) is 4.24. The molecule has 1 fully saturated rings. The molecule has 0 spiro atoms. The Hall–Kier alpha value is -0.530. The fraction of sp³-hybridized carbons (Fsp3) is 0.857. The van der Waals surface area contributed by atoms with Gasteiger partial charge in [0.05, 0.1) is 0 Å². The summed E-state index contributed by atoms with van der Waals surface area (Å²) in [4.78, 5) is 10.1. The van der Waals surface area contributed by atoms with Gasteiger partial charge in [-0.05, 0) is 18.3 Å². The lowest BCUT2D eigenvalue weighted by atomic mass is 10.2. The molecule has 0 heterocycles. The fourth-order valence-corrected chi connectivity index (χ4v) is 1.28. The zero-order valence-corrected chi connectivity index (χ0v) is 5.63. The van der Waals surface area contributed by atoms with Crippen molar-refractivity contribution in [2.45, 2.75) is 26.2 Å². The van der Waals surface area contributed by atoms with E-state index in [4.69, 9.17) is 5.11 Å². The van der Waals surface area contributed by atoms with Gasteiger partial charge in [-0.15, -0.1) is 0 Å². The molecule has 0 amide bonds. The Morgan fingerprint density at radius 3 is 2.67 bits per heavy atom. The van der Waals surface area contributed by atoms with Crippen LogP contribution in [-0.4, -0.2) is 11.1 Å². The largest absolute Gasteiger partial charge is 0.481 e. The SMILES string of the molecule is CCC1CC1CC(=O)O. The van der Waals surface area contributed by atoms with E-state index in [2.05, 4.69) is 6.92 Å². The minimum Gasteiger partial charge on any atom is -0.481 e. The highest BCUT2D eigenvalue weighted by Crippen LogP contribution is 2.43. The van der Waals surface area contributed by atoms with Crippen LogP contribution in [0.4, 0.5) is 0 Å². The van der Waals surface area contributed by atoms with Crippen LogP contribution in [-0.2, 0) is 4.79 Å². The molecule has 52 valence electrons. The first kappa shape index (κ1) is 6.59. The molecule has 0 aliphatic heterocycles. The number of aliphatic carboxylic acids is 1. The summed E-state index contributed by atoms with van der Waals surface area (Å²) in [5.41, 5.74) is 0. The molecule has 1 saturated carbocycles. The summed E-state index contributed by atoms with van der Waals surface area (Å²) in [6, 6.07) is 0. The van der Waals surface area contributed by atoms with Gasteiger partial charge in [-0.25, -0.2) is 0 Å². The normalized spacial score (nSPS) is 32.1. The number of hydrogen-bond acceptors (Lipinski definition) is 1. The van der Waals surface area contributed by atoms with Crippen molar-refractivity contribution in [3.63, 3.8) is 0 Å². The van der Waals surface area contributed by atoms with E-state index in [1.54, 1.807) is 0 Å². The van der Waals surface area contributed by atoms with Crippen LogP contribution in [0.25, 0.3) is 0 Å². The molecule has 1 N–H and O–H groups in total. The predicted molar refractivity (Wildman–Crippen MR) is 34.1 cm³/mol. The molecule has 0 aromatic rings. The number of carboxylic acid groups (broad SMARTS) is 1. The van der Waals surface area contributed by atoms with Crippen LogP contribution in [0.3, 0.4) is 0 Å². The van der Waals surface area contributed by atoms with Gasteiger partial charge in [0.1, 0.15) is 0 Å². The van der Waals surface area contributed by atoms with E-state index >= 15 is 0 Å². The van der Waals surface area contributed by atoms with Crippen molar-refractivity contribution in [2.24, 2.45) is 11.8 Å². The van der Waals surface area contributed by atoms with Crippen LogP contribution in [0.15, 0.2) is 0 Å². The zero-order valence-electron chi connectivity index (χ0n) is 5.63. The maximum absolute atomic E-state index is 10.1. The standard InChI is InChI=1S/C7H12O2/c1-2-5-3-6(5)4-7(8)9/h5-6H,2-4H2,1H3,(H,8,9). The fourth-order valence-electron chi connectivity index (χ4n) is 1.28. The third kappa shape index (κ3) is 1.70. The van der Waals surface area contributed by atoms with Gasteiger partial charge in [0, 0.05) is 6.42 Å². The molecule has 0 aromatic heterocycles. The summed E-state index contributed by atoms with van der Waals surface area (Å²) in [7, 11) is 0. The van der Waals surface area contributed by atoms with Crippen LogP contribution >= 0.6 is 0 Å². The van der Waals surface area contributed by atoms with Gasteiger partial charge in [0.2, 0.25) is 0 Å². The van der Waals surface area contributed by atoms with Crippen LogP contribution in [0.5, 0.6) is 0 Å². The summed E-state index contributed by atoms with van der Waals surface area (Å²) >= 11 is 0. The highest BCUT2D eigenvalue weighted by Gasteiger charge is 2.36. The quantitative estimate of drug-likeness (QED) is 0.625. The molecule has 2 nitrogen and oxygen atoms in total. The summed E-state index contributed by atoms with van der Waals surface area (Å²) in [6.07, 6.45) is 2.68. The van der Waals surface area contributed by atoms with E-state index < -0.39 is 5.97 Å². The maximum Gasteiger partial charge on any atom is 0.303 e. The molecule has 0 bridgehead atoms. The smallest absolute Gasteiger partial charge is 0.303 e. The molecule has 1 aliphatic rings. The first-order valence-corrected chi connectivity index (χ1v) is 3.45. The Morgan fingerprint density at radius 2 is 2.33 bits per heavy atom. The van der Waals surface area contributed by atoms with Crippen molar-refractivity contribution >= 4 is 5.97 Å². The second-order valence-electron chi connectivity index (χ2n) is 2.76. The maximum atomic E-state index is 10.1. The lowest BCUT2D eigenvalue weighted by molar-refractivity contribution is -0.137. The average Bonchev–Trinajstić information content (AvgIpc) is 2.45. The average molecular weight is 128 g/mol. The topological polar surface area (TPSA) is 37.3 Å². The van der Waals surface area contributed by atoms with Gasteiger partial charge in [-0.3, -0.25) is 4.79 Å². The van der Waals surface area contributed by atoms with E-state index in [0.717, 1.165) is 18.8 Å². The van der Waals surface area contributed by atoms with E-state index in [0.29, 0.717) is 12.3 Å². The molecule has 1 aliphatic carbocycles. The lowest BCUT2D eigenvalue weighted by Crippen LogP contribution is -1.96. The Morgan fingerprint density at radius 1 is 1.67 bits per heavy atom. The predicted octanol–water partition coefficient (Wildman–Crippen LogP) is 1.51. The second kappa shape index (κ2) is 2.38. The van der Waals surface area contributed by atoms with Crippen LogP contribution in [0, 0.1) is 11.8 Å². The summed E-state index contributed by atoms with van der Waals surface area (Å²) in [5.74, 6) is 0.588. The van der Waals surface area contributed by atoms with Gasteiger partial charge in [0.15, 0.2) is 0 Å². The van der Waals surface area contributed by atoms with E-state index in [9.17, 15) is 4.79 Å². The summed E-state index contributed by atoms with van der Waals surface area (Å²) in [5, 5.41) is 8.34. The van der Waals surface area contributed by atoms with Gasteiger partial charge >= 0.3 is 5.97 Å². The van der Waals surface area contributed by atoms with Crippen LogP contribution < -0.4 is 0 Å². The number of rotatable bonds is 3.